The van der Waals surface area contributed by atoms with E-state index in [0.717, 1.165) is 57.5 Å². The summed E-state index contributed by atoms with van der Waals surface area (Å²) in [6.07, 6.45) is 2.19. The fourth-order valence-electron chi connectivity index (χ4n) is 2.84. The number of para-hydroxylation sites is 1. The van der Waals surface area contributed by atoms with Crippen molar-refractivity contribution in [3.63, 3.8) is 0 Å². The van der Waals surface area contributed by atoms with Gasteiger partial charge in [-0.3, -0.25) is 4.99 Å². The fraction of sp³-hybridized carbons (Fsp3) is 0.650. The molecule has 1 aliphatic rings. The number of ether oxygens (including phenoxy) is 3. The second-order valence-corrected chi connectivity index (χ2v) is 6.47. The monoisotopic (exact) mass is 491 g/mol. The second-order valence-electron chi connectivity index (χ2n) is 6.47. The van der Waals surface area contributed by atoms with Gasteiger partial charge in [-0.2, -0.15) is 0 Å². The average molecular weight is 491 g/mol. The highest BCUT2D eigenvalue weighted by Crippen LogP contribution is 2.21. The van der Waals surface area contributed by atoms with Gasteiger partial charge < -0.3 is 24.8 Å². The summed E-state index contributed by atoms with van der Waals surface area (Å²) in [5, 5.41) is 6.57. The molecular weight excluding hydrogens is 457 g/mol. The van der Waals surface area contributed by atoms with E-state index in [1.165, 1.54) is 11.1 Å². The van der Waals surface area contributed by atoms with Crippen LogP contribution in [0.1, 0.15) is 30.9 Å². The summed E-state index contributed by atoms with van der Waals surface area (Å²) in [5.74, 6) is 1.80. The highest BCUT2D eigenvalue weighted by Gasteiger charge is 2.15. The van der Waals surface area contributed by atoms with Crippen molar-refractivity contribution >= 4 is 29.9 Å². The van der Waals surface area contributed by atoms with Gasteiger partial charge in [-0.05, 0) is 44.7 Å². The zero-order chi connectivity index (χ0) is 18.6. The molecule has 1 aromatic rings. The molecule has 1 fully saturated rings. The number of guanidine groups is 1. The van der Waals surface area contributed by atoms with Crippen molar-refractivity contribution in [2.75, 3.05) is 46.1 Å². The number of hydrogen-bond donors (Lipinski definition) is 2. The predicted octanol–water partition coefficient (Wildman–Crippen LogP) is 3.05. The molecule has 1 heterocycles. The van der Waals surface area contributed by atoms with Crippen LogP contribution in [0.2, 0.25) is 0 Å². The van der Waals surface area contributed by atoms with E-state index in [2.05, 4.69) is 54.6 Å². The quantitative estimate of drug-likeness (QED) is 0.228. The van der Waals surface area contributed by atoms with Crippen molar-refractivity contribution in [2.45, 2.75) is 39.7 Å². The van der Waals surface area contributed by atoms with Gasteiger partial charge in [0.15, 0.2) is 5.96 Å². The van der Waals surface area contributed by atoms with Crippen LogP contribution in [0.15, 0.2) is 23.2 Å². The van der Waals surface area contributed by atoms with Gasteiger partial charge >= 0.3 is 0 Å². The first kappa shape index (κ1) is 24.0. The summed E-state index contributed by atoms with van der Waals surface area (Å²) in [6, 6.07) is 6.19. The normalized spacial score (nSPS) is 16.7. The van der Waals surface area contributed by atoms with Gasteiger partial charge in [-0.1, -0.05) is 18.2 Å². The summed E-state index contributed by atoms with van der Waals surface area (Å²) < 4.78 is 17.0. The Hall–Kier alpha value is -1.06. The zero-order valence-corrected chi connectivity index (χ0v) is 19.1. The third-order valence-corrected chi connectivity index (χ3v) is 4.21. The maximum Gasteiger partial charge on any atom is 0.191 e. The summed E-state index contributed by atoms with van der Waals surface area (Å²) in [5.41, 5.74) is 2.33. The molecule has 0 spiro atoms. The first-order valence-corrected chi connectivity index (χ1v) is 9.61. The molecule has 7 heteroatoms. The Kier molecular flexibility index (Phi) is 12.4. The SMILES string of the molecule is CCNC(=NCCCOC1CCOC1)NCCOc1c(C)cccc1C.I. The third-order valence-electron chi connectivity index (χ3n) is 4.21. The molecule has 1 atom stereocenters. The van der Waals surface area contributed by atoms with Crippen LogP contribution in [0.3, 0.4) is 0 Å². The van der Waals surface area contributed by atoms with E-state index in [1.54, 1.807) is 0 Å². The number of hydrogen-bond acceptors (Lipinski definition) is 4. The van der Waals surface area contributed by atoms with Gasteiger partial charge in [-0.25, -0.2) is 0 Å². The minimum Gasteiger partial charge on any atom is -0.491 e. The van der Waals surface area contributed by atoms with Crippen LogP contribution >= 0.6 is 24.0 Å². The number of nitrogens with one attached hydrogen (secondary N) is 2. The molecule has 6 nitrogen and oxygen atoms in total. The molecule has 1 unspecified atom stereocenters. The first-order chi connectivity index (χ1) is 12.7. The number of nitrogens with zero attached hydrogens (tertiary/aromatic N) is 1. The number of aliphatic imine (C=N–C) groups is 1. The van der Waals surface area contributed by atoms with Gasteiger partial charge in [0.1, 0.15) is 12.4 Å². The Morgan fingerprint density at radius 3 is 2.67 bits per heavy atom. The lowest BCUT2D eigenvalue weighted by Gasteiger charge is -2.14. The molecule has 0 aromatic heterocycles. The lowest BCUT2D eigenvalue weighted by atomic mass is 10.1. The van der Waals surface area contributed by atoms with E-state index < -0.39 is 0 Å². The van der Waals surface area contributed by atoms with E-state index in [9.17, 15) is 0 Å². The Morgan fingerprint density at radius 2 is 2.00 bits per heavy atom. The topological polar surface area (TPSA) is 64.1 Å². The Labute approximate surface area is 180 Å². The van der Waals surface area contributed by atoms with E-state index in [0.29, 0.717) is 13.2 Å². The minimum absolute atomic E-state index is 0. The Balaban J connectivity index is 0.00000364. The molecule has 0 radical (unpaired) electrons. The molecule has 1 saturated heterocycles. The number of aryl methyl sites for hydroxylation is 2. The molecule has 2 N–H and O–H groups in total. The van der Waals surface area contributed by atoms with E-state index >= 15 is 0 Å². The summed E-state index contributed by atoms with van der Waals surface area (Å²) >= 11 is 0. The van der Waals surface area contributed by atoms with Crippen molar-refractivity contribution in [1.29, 1.82) is 0 Å². The number of rotatable bonds is 10. The zero-order valence-electron chi connectivity index (χ0n) is 16.8. The van der Waals surface area contributed by atoms with Gasteiger partial charge in [0.25, 0.3) is 0 Å². The summed E-state index contributed by atoms with van der Waals surface area (Å²) in [6.45, 7) is 11.4. The molecule has 0 aliphatic carbocycles. The highest BCUT2D eigenvalue weighted by atomic mass is 127. The van der Waals surface area contributed by atoms with Crippen LogP contribution in [-0.2, 0) is 9.47 Å². The molecule has 27 heavy (non-hydrogen) atoms. The molecule has 0 saturated carbocycles. The van der Waals surface area contributed by atoms with Crippen LogP contribution < -0.4 is 15.4 Å². The van der Waals surface area contributed by atoms with Gasteiger partial charge in [0, 0.05) is 26.3 Å². The first-order valence-electron chi connectivity index (χ1n) is 9.61. The number of halogens is 1. The van der Waals surface area contributed by atoms with Gasteiger partial charge in [0.05, 0.1) is 19.3 Å². The maximum absolute atomic E-state index is 5.92. The molecule has 2 rings (SSSR count). The van der Waals surface area contributed by atoms with Crippen LogP contribution in [0, 0.1) is 13.8 Å². The third kappa shape index (κ3) is 9.12. The van der Waals surface area contributed by atoms with Crippen LogP contribution in [0.25, 0.3) is 0 Å². The predicted molar refractivity (Wildman–Crippen MR) is 121 cm³/mol. The molecule has 154 valence electrons. The molecule has 0 amide bonds. The van der Waals surface area contributed by atoms with Crippen molar-refractivity contribution in [2.24, 2.45) is 4.99 Å². The minimum atomic E-state index is 0. The van der Waals surface area contributed by atoms with Crippen LogP contribution in [0.4, 0.5) is 0 Å². The van der Waals surface area contributed by atoms with Crippen molar-refractivity contribution in [3.05, 3.63) is 29.3 Å². The largest absolute Gasteiger partial charge is 0.491 e. The van der Waals surface area contributed by atoms with E-state index in [4.69, 9.17) is 14.2 Å². The lowest BCUT2D eigenvalue weighted by molar-refractivity contribution is 0.0424. The second kappa shape index (κ2) is 14.0. The number of benzene rings is 1. The summed E-state index contributed by atoms with van der Waals surface area (Å²) in [7, 11) is 0. The van der Waals surface area contributed by atoms with Crippen molar-refractivity contribution < 1.29 is 14.2 Å². The van der Waals surface area contributed by atoms with E-state index in [1.807, 2.05) is 0 Å². The smallest absolute Gasteiger partial charge is 0.191 e. The highest BCUT2D eigenvalue weighted by molar-refractivity contribution is 14.0. The fourth-order valence-corrected chi connectivity index (χ4v) is 2.84. The van der Waals surface area contributed by atoms with Gasteiger partial charge in [-0.15, -0.1) is 24.0 Å². The molecular formula is C20H34IN3O3. The van der Waals surface area contributed by atoms with Gasteiger partial charge in [0.2, 0.25) is 0 Å². The average Bonchev–Trinajstić information content (AvgIpc) is 3.13. The lowest BCUT2D eigenvalue weighted by Crippen LogP contribution is -2.39. The van der Waals surface area contributed by atoms with Crippen molar-refractivity contribution in [1.82, 2.24) is 10.6 Å². The molecule has 1 aliphatic heterocycles. The molecule has 0 bridgehead atoms. The summed E-state index contributed by atoms with van der Waals surface area (Å²) in [4.78, 5) is 4.58. The maximum atomic E-state index is 5.92. The standard InChI is InChI=1S/C20H33N3O3.HI/c1-4-21-20(22-10-6-12-25-18-9-13-24-15-18)23-11-14-26-19-16(2)7-5-8-17(19)3;/h5,7-8,18H,4,6,9-15H2,1-3H3,(H2,21,22,23);1H. The van der Waals surface area contributed by atoms with Crippen molar-refractivity contribution in [3.8, 4) is 5.75 Å². The Morgan fingerprint density at radius 1 is 1.22 bits per heavy atom. The van der Waals surface area contributed by atoms with Crippen LogP contribution in [0.5, 0.6) is 5.75 Å². The molecule has 1 aromatic carbocycles. The van der Waals surface area contributed by atoms with E-state index in [-0.39, 0.29) is 30.1 Å². The Bertz CT molecular complexity index is 543. The van der Waals surface area contributed by atoms with Crippen LogP contribution in [-0.4, -0.2) is 58.1 Å².